The van der Waals surface area contributed by atoms with Crippen molar-refractivity contribution in [2.45, 2.75) is 57.7 Å². The van der Waals surface area contributed by atoms with Gasteiger partial charge in [0.05, 0.1) is 35.9 Å². The van der Waals surface area contributed by atoms with Gasteiger partial charge in [-0.15, -0.1) is 0 Å². The first-order valence-electron chi connectivity index (χ1n) is 12.5. The molecule has 5 rings (SSSR count). The van der Waals surface area contributed by atoms with Gasteiger partial charge in [-0.2, -0.15) is 15.1 Å². The van der Waals surface area contributed by atoms with Gasteiger partial charge in [-0.3, -0.25) is 9.58 Å². The number of thiazole rings is 1. The zero-order valence-corrected chi connectivity index (χ0v) is 22.4. The van der Waals surface area contributed by atoms with E-state index in [0.717, 1.165) is 66.0 Å². The lowest BCUT2D eigenvalue weighted by Gasteiger charge is -2.39. The monoisotopic (exact) mass is 534 g/mol. The van der Waals surface area contributed by atoms with E-state index in [1.54, 1.807) is 22.2 Å². The molecular weight excluding hydrogens is 500 g/mol. The Morgan fingerprint density at radius 3 is 2.67 bits per heavy atom. The maximum absolute atomic E-state index is 11.4. The van der Waals surface area contributed by atoms with Crippen molar-refractivity contribution in [3.8, 4) is 0 Å². The number of rotatable bonds is 9. The number of hydrogen-bond donors (Lipinski definition) is 2. The molecule has 36 heavy (non-hydrogen) atoms. The number of aromatic nitrogens is 5. The van der Waals surface area contributed by atoms with E-state index >= 15 is 0 Å². The molecule has 0 bridgehead atoms. The molecule has 1 aliphatic heterocycles. The summed E-state index contributed by atoms with van der Waals surface area (Å²) in [5, 5.41) is 12.2. The molecule has 2 aliphatic rings. The van der Waals surface area contributed by atoms with Crippen LogP contribution in [-0.2, 0) is 21.1 Å². The van der Waals surface area contributed by atoms with Crippen LogP contribution in [0.4, 0.5) is 17.5 Å². The quantitative estimate of drug-likeness (QED) is 0.423. The molecule has 11 nitrogen and oxygen atoms in total. The van der Waals surface area contributed by atoms with Crippen LogP contribution in [0.3, 0.4) is 0 Å². The molecule has 13 heteroatoms. The summed E-state index contributed by atoms with van der Waals surface area (Å²) in [7, 11) is -2.98. The number of nitrogens with one attached hydrogen (secondary N) is 2. The summed E-state index contributed by atoms with van der Waals surface area (Å²) in [5.41, 5.74) is 1.57. The zero-order valence-electron chi connectivity index (χ0n) is 20.8. The van der Waals surface area contributed by atoms with Crippen LogP contribution < -0.4 is 10.6 Å². The normalized spacial score (nSPS) is 21.6. The van der Waals surface area contributed by atoms with Crippen molar-refractivity contribution < 1.29 is 13.2 Å². The minimum atomic E-state index is -2.98. The van der Waals surface area contributed by atoms with Crippen molar-refractivity contribution in [3.63, 3.8) is 0 Å². The third-order valence-corrected chi connectivity index (χ3v) is 8.65. The van der Waals surface area contributed by atoms with Crippen LogP contribution in [0.25, 0.3) is 10.3 Å². The third kappa shape index (κ3) is 6.50. The number of morpholine rings is 1. The highest BCUT2D eigenvalue weighted by atomic mass is 32.2. The Morgan fingerprint density at radius 1 is 1.14 bits per heavy atom. The average Bonchev–Trinajstić information content (AvgIpc) is 3.45. The van der Waals surface area contributed by atoms with Crippen molar-refractivity contribution in [1.82, 2.24) is 29.6 Å². The number of sulfone groups is 1. The van der Waals surface area contributed by atoms with Crippen molar-refractivity contribution in [1.29, 1.82) is 0 Å². The molecule has 0 spiro atoms. The van der Waals surface area contributed by atoms with Gasteiger partial charge in [0, 0.05) is 44.2 Å². The van der Waals surface area contributed by atoms with Gasteiger partial charge >= 0.3 is 0 Å². The molecule has 3 aromatic heterocycles. The fourth-order valence-electron chi connectivity index (χ4n) is 4.97. The van der Waals surface area contributed by atoms with E-state index in [2.05, 4.69) is 30.6 Å². The highest BCUT2D eigenvalue weighted by molar-refractivity contribution is 7.90. The van der Waals surface area contributed by atoms with Crippen LogP contribution in [-0.4, -0.2) is 88.4 Å². The standard InChI is InChI=1S/C23H34N8O3S2/c1-16-25-20-21(26-17-4-6-19(7-5-17)30-9-11-34-12-10-30)28-23(29-22(20)35-16)27-18-14-24-31(15-18)8-3-13-36(2,32)33/h14-15,17,19H,3-13H2,1-2H3,(H2,26,27,28,29)/t17-,19-. The number of ether oxygens (including phenoxy) is 1. The molecule has 0 amide bonds. The molecule has 196 valence electrons. The fraction of sp³-hybridized carbons (Fsp3) is 0.652. The molecule has 2 fully saturated rings. The predicted octanol–water partition coefficient (Wildman–Crippen LogP) is 2.82. The molecule has 0 radical (unpaired) electrons. The second-order valence-corrected chi connectivity index (χ2v) is 13.1. The molecule has 0 atom stereocenters. The van der Waals surface area contributed by atoms with Gasteiger partial charge < -0.3 is 15.4 Å². The zero-order chi connectivity index (χ0) is 25.1. The molecular formula is C23H34N8O3S2. The van der Waals surface area contributed by atoms with Crippen LogP contribution in [0.15, 0.2) is 12.4 Å². The smallest absolute Gasteiger partial charge is 0.230 e. The van der Waals surface area contributed by atoms with E-state index < -0.39 is 9.84 Å². The lowest BCUT2D eigenvalue weighted by Crippen LogP contribution is -2.46. The summed E-state index contributed by atoms with van der Waals surface area (Å²) >= 11 is 1.55. The number of fused-ring (bicyclic) bond motifs is 1. The van der Waals surface area contributed by atoms with E-state index in [9.17, 15) is 8.42 Å². The maximum atomic E-state index is 11.4. The summed E-state index contributed by atoms with van der Waals surface area (Å²) < 4.78 is 30.0. The van der Waals surface area contributed by atoms with Gasteiger partial charge in [-0.05, 0) is 39.0 Å². The van der Waals surface area contributed by atoms with Gasteiger partial charge in [-0.1, -0.05) is 11.3 Å². The minimum Gasteiger partial charge on any atom is -0.379 e. The first-order valence-corrected chi connectivity index (χ1v) is 15.4. The maximum Gasteiger partial charge on any atom is 0.230 e. The van der Waals surface area contributed by atoms with Crippen LogP contribution in [0.2, 0.25) is 0 Å². The Hall–Kier alpha value is -2.35. The molecule has 1 saturated heterocycles. The highest BCUT2D eigenvalue weighted by Gasteiger charge is 2.27. The van der Waals surface area contributed by atoms with Crippen molar-refractivity contribution >= 4 is 49.0 Å². The topological polar surface area (TPSA) is 127 Å². The van der Waals surface area contributed by atoms with Gasteiger partial charge in [-0.25, -0.2) is 13.4 Å². The lowest BCUT2D eigenvalue weighted by atomic mass is 9.90. The van der Waals surface area contributed by atoms with Crippen LogP contribution in [0, 0.1) is 6.92 Å². The van der Waals surface area contributed by atoms with E-state index in [-0.39, 0.29) is 5.75 Å². The summed E-state index contributed by atoms with van der Waals surface area (Å²) in [6.07, 6.45) is 9.85. The predicted molar refractivity (Wildman–Crippen MR) is 142 cm³/mol. The highest BCUT2D eigenvalue weighted by Crippen LogP contribution is 2.31. The summed E-state index contributed by atoms with van der Waals surface area (Å²) in [5.74, 6) is 1.40. The third-order valence-electron chi connectivity index (χ3n) is 6.76. The molecule has 0 unspecified atom stereocenters. The van der Waals surface area contributed by atoms with Crippen molar-refractivity contribution in [2.75, 3.05) is 48.9 Å². The Balaban J connectivity index is 1.24. The Morgan fingerprint density at radius 2 is 1.92 bits per heavy atom. The van der Waals surface area contributed by atoms with E-state index in [4.69, 9.17) is 9.72 Å². The summed E-state index contributed by atoms with van der Waals surface area (Å²) in [6, 6.07) is 0.998. The van der Waals surface area contributed by atoms with Crippen molar-refractivity contribution in [3.05, 3.63) is 17.4 Å². The second kappa shape index (κ2) is 11.0. The lowest BCUT2D eigenvalue weighted by molar-refractivity contribution is 0.00791. The van der Waals surface area contributed by atoms with Gasteiger partial charge in [0.1, 0.15) is 15.4 Å². The van der Waals surface area contributed by atoms with E-state index in [1.807, 2.05) is 13.1 Å². The SMILES string of the molecule is Cc1nc2c(N[C@H]3CC[C@H](N4CCOCC4)CC3)nc(Nc3cnn(CCCS(C)(=O)=O)c3)nc2s1. The number of hydrogen-bond acceptors (Lipinski definition) is 11. The number of nitrogens with zero attached hydrogens (tertiary/aromatic N) is 6. The van der Waals surface area contributed by atoms with Gasteiger partial charge in [0.15, 0.2) is 10.6 Å². The Kier molecular flexibility index (Phi) is 7.70. The summed E-state index contributed by atoms with van der Waals surface area (Å²) in [6.45, 7) is 6.28. The molecule has 2 N–H and O–H groups in total. The first kappa shape index (κ1) is 25.3. The van der Waals surface area contributed by atoms with Crippen LogP contribution in [0.1, 0.15) is 37.1 Å². The van der Waals surface area contributed by atoms with Crippen molar-refractivity contribution in [2.24, 2.45) is 0 Å². The van der Waals surface area contributed by atoms with Gasteiger partial charge in [0.25, 0.3) is 0 Å². The molecule has 4 heterocycles. The van der Waals surface area contributed by atoms with E-state index in [1.165, 1.54) is 19.1 Å². The number of anilines is 3. The largest absolute Gasteiger partial charge is 0.379 e. The minimum absolute atomic E-state index is 0.142. The number of aryl methyl sites for hydroxylation is 2. The Labute approximate surface area is 215 Å². The van der Waals surface area contributed by atoms with Gasteiger partial charge in [0.2, 0.25) is 5.95 Å². The molecule has 3 aromatic rings. The first-order chi connectivity index (χ1) is 17.3. The van der Waals surface area contributed by atoms with Crippen LogP contribution >= 0.6 is 11.3 Å². The molecule has 1 aliphatic carbocycles. The average molecular weight is 535 g/mol. The van der Waals surface area contributed by atoms with E-state index in [0.29, 0.717) is 31.0 Å². The molecule has 1 saturated carbocycles. The fourth-order valence-corrected chi connectivity index (χ4v) is 6.41. The molecule has 0 aromatic carbocycles. The Bertz CT molecular complexity index is 1280. The second-order valence-electron chi connectivity index (χ2n) is 9.68. The van der Waals surface area contributed by atoms with Crippen LogP contribution in [0.5, 0.6) is 0 Å². The summed E-state index contributed by atoms with van der Waals surface area (Å²) in [4.78, 5) is 17.6.